The van der Waals surface area contributed by atoms with Crippen LogP contribution in [0.2, 0.25) is 0 Å². The van der Waals surface area contributed by atoms with Crippen LogP contribution < -0.4 is 16.2 Å². The molecular formula is C26H26N4O3S2. The van der Waals surface area contributed by atoms with Gasteiger partial charge in [0.2, 0.25) is 10.0 Å². The van der Waals surface area contributed by atoms with Crippen molar-refractivity contribution in [3.63, 3.8) is 0 Å². The second kappa shape index (κ2) is 9.41. The lowest BCUT2D eigenvalue weighted by atomic mass is 9.82. The summed E-state index contributed by atoms with van der Waals surface area (Å²) < 4.78 is 22.8. The van der Waals surface area contributed by atoms with E-state index in [1.807, 2.05) is 6.07 Å². The van der Waals surface area contributed by atoms with Crippen LogP contribution in [0.25, 0.3) is 10.2 Å². The highest BCUT2D eigenvalue weighted by atomic mass is 32.2. The minimum absolute atomic E-state index is 0.0635. The maximum atomic E-state index is 12.9. The van der Waals surface area contributed by atoms with E-state index in [4.69, 9.17) is 15.9 Å². The molecule has 0 radical (unpaired) electrons. The van der Waals surface area contributed by atoms with Crippen molar-refractivity contribution >= 4 is 43.2 Å². The maximum absolute atomic E-state index is 12.9. The van der Waals surface area contributed by atoms with E-state index >= 15 is 0 Å². The van der Waals surface area contributed by atoms with Crippen LogP contribution in [0.3, 0.4) is 0 Å². The van der Waals surface area contributed by atoms with Crippen LogP contribution in [0.15, 0.2) is 65.6 Å². The van der Waals surface area contributed by atoms with Crippen LogP contribution in [-0.4, -0.2) is 25.9 Å². The summed E-state index contributed by atoms with van der Waals surface area (Å²) in [4.78, 5) is 19.1. The molecule has 9 heteroatoms. The number of hydrogen-bond donors (Lipinski definition) is 3. The molecule has 0 aliphatic heterocycles. The normalized spacial score (nSPS) is 15.6. The van der Waals surface area contributed by atoms with Gasteiger partial charge in [-0.05, 0) is 66.5 Å². The molecule has 0 spiro atoms. The quantitative estimate of drug-likeness (QED) is 0.367. The molecule has 7 nitrogen and oxygen atoms in total. The van der Waals surface area contributed by atoms with Gasteiger partial charge in [0, 0.05) is 17.6 Å². The number of primary sulfonamides is 1. The SMILES string of the molecule is Nc1c(C(=O)NCCc2ccc(S(N)(=O)=O)cc2)sc2nc3c(cc12)C[C@H](c1ccccc1)CC3. The van der Waals surface area contributed by atoms with Gasteiger partial charge in [-0.15, -0.1) is 11.3 Å². The first-order valence-corrected chi connectivity index (χ1v) is 13.8. The molecule has 0 saturated heterocycles. The van der Waals surface area contributed by atoms with Gasteiger partial charge in [-0.25, -0.2) is 18.5 Å². The van der Waals surface area contributed by atoms with Gasteiger partial charge in [-0.2, -0.15) is 0 Å². The molecule has 35 heavy (non-hydrogen) atoms. The van der Waals surface area contributed by atoms with Crippen LogP contribution in [-0.2, 0) is 29.3 Å². The molecular weight excluding hydrogens is 480 g/mol. The molecule has 4 aromatic rings. The lowest BCUT2D eigenvalue weighted by Gasteiger charge is -2.24. The van der Waals surface area contributed by atoms with Gasteiger partial charge in [-0.1, -0.05) is 42.5 Å². The first kappa shape index (κ1) is 23.5. The minimum atomic E-state index is -3.72. The highest BCUT2D eigenvalue weighted by molar-refractivity contribution is 7.89. The van der Waals surface area contributed by atoms with E-state index in [1.54, 1.807) is 12.1 Å². The Hall–Kier alpha value is -3.27. The molecule has 180 valence electrons. The van der Waals surface area contributed by atoms with Crippen molar-refractivity contribution in [2.45, 2.75) is 36.5 Å². The Morgan fingerprint density at radius 3 is 2.57 bits per heavy atom. The first-order valence-electron chi connectivity index (χ1n) is 11.5. The summed E-state index contributed by atoms with van der Waals surface area (Å²) in [7, 11) is -3.72. The topological polar surface area (TPSA) is 128 Å². The van der Waals surface area contributed by atoms with Gasteiger partial charge in [-0.3, -0.25) is 4.79 Å². The minimum Gasteiger partial charge on any atom is -0.397 e. The number of anilines is 1. The zero-order chi connectivity index (χ0) is 24.6. The Bertz CT molecular complexity index is 1500. The van der Waals surface area contributed by atoms with E-state index < -0.39 is 10.0 Å². The summed E-state index contributed by atoms with van der Waals surface area (Å²) in [6.07, 6.45) is 3.44. The molecule has 2 aromatic carbocycles. The van der Waals surface area contributed by atoms with Gasteiger partial charge < -0.3 is 11.1 Å². The summed E-state index contributed by atoms with van der Waals surface area (Å²) in [5, 5.41) is 8.88. The van der Waals surface area contributed by atoms with Gasteiger partial charge in [0.05, 0.1) is 10.6 Å². The highest BCUT2D eigenvalue weighted by Gasteiger charge is 2.24. The third kappa shape index (κ3) is 4.93. The summed E-state index contributed by atoms with van der Waals surface area (Å²) in [5.74, 6) is 0.233. The van der Waals surface area contributed by atoms with E-state index in [1.165, 1.54) is 34.6 Å². The predicted molar refractivity (Wildman–Crippen MR) is 139 cm³/mol. The first-order chi connectivity index (χ1) is 16.8. The van der Waals surface area contributed by atoms with E-state index in [2.05, 4.69) is 35.6 Å². The largest absolute Gasteiger partial charge is 0.397 e. The van der Waals surface area contributed by atoms with Crippen molar-refractivity contribution in [1.82, 2.24) is 10.3 Å². The van der Waals surface area contributed by atoms with Crippen molar-refractivity contribution in [3.8, 4) is 0 Å². The van der Waals surface area contributed by atoms with Crippen molar-refractivity contribution in [1.29, 1.82) is 0 Å². The number of benzene rings is 2. The number of nitrogen functional groups attached to an aromatic ring is 1. The molecule has 5 N–H and O–H groups in total. The van der Waals surface area contributed by atoms with Gasteiger partial charge in [0.1, 0.15) is 9.71 Å². The molecule has 5 rings (SSSR count). The third-order valence-electron chi connectivity index (χ3n) is 6.51. The zero-order valence-corrected chi connectivity index (χ0v) is 20.7. The van der Waals surface area contributed by atoms with Crippen molar-refractivity contribution in [3.05, 3.63) is 87.9 Å². The monoisotopic (exact) mass is 506 g/mol. The van der Waals surface area contributed by atoms with Crippen LogP contribution in [0, 0.1) is 0 Å². The fraction of sp³-hybridized carbons (Fsp3) is 0.231. The number of carbonyl (C=O) groups is 1. The van der Waals surface area contributed by atoms with Crippen molar-refractivity contribution in [2.24, 2.45) is 5.14 Å². The molecule has 0 fully saturated rings. The Morgan fingerprint density at radius 2 is 1.86 bits per heavy atom. The summed E-state index contributed by atoms with van der Waals surface area (Å²) in [5.41, 5.74) is 11.4. The highest BCUT2D eigenvalue weighted by Crippen LogP contribution is 2.38. The van der Waals surface area contributed by atoms with Crippen molar-refractivity contribution < 1.29 is 13.2 Å². The van der Waals surface area contributed by atoms with Crippen LogP contribution >= 0.6 is 11.3 Å². The number of aromatic nitrogens is 1. The number of sulfonamides is 1. The zero-order valence-electron chi connectivity index (χ0n) is 19.0. The third-order valence-corrected chi connectivity index (χ3v) is 8.56. The second-order valence-electron chi connectivity index (χ2n) is 8.84. The number of rotatable bonds is 6. The number of nitrogens with zero attached hydrogens (tertiary/aromatic N) is 1. The average molecular weight is 507 g/mol. The van der Waals surface area contributed by atoms with Crippen LogP contribution in [0.1, 0.15) is 44.4 Å². The molecule has 1 aliphatic carbocycles. The molecule has 0 bridgehead atoms. The van der Waals surface area contributed by atoms with E-state index in [-0.39, 0.29) is 10.8 Å². The molecule has 0 saturated carbocycles. The Morgan fingerprint density at radius 1 is 1.11 bits per heavy atom. The fourth-order valence-electron chi connectivity index (χ4n) is 4.62. The van der Waals surface area contributed by atoms with E-state index in [0.717, 1.165) is 40.7 Å². The lowest BCUT2D eigenvalue weighted by Crippen LogP contribution is -2.25. The lowest BCUT2D eigenvalue weighted by molar-refractivity contribution is 0.0959. The summed E-state index contributed by atoms with van der Waals surface area (Å²) >= 11 is 1.32. The summed E-state index contributed by atoms with van der Waals surface area (Å²) in [6, 6.07) is 19.0. The number of thiophene rings is 1. The smallest absolute Gasteiger partial charge is 0.263 e. The Labute approximate surface area is 208 Å². The number of pyridine rings is 1. The van der Waals surface area contributed by atoms with Gasteiger partial charge >= 0.3 is 0 Å². The number of fused-ring (bicyclic) bond motifs is 2. The number of nitrogens with one attached hydrogen (secondary N) is 1. The molecule has 1 atom stereocenters. The summed E-state index contributed by atoms with van der Waals surface area (Å²) in [6.45, 7) is 0.393. The molecule has 2 aromatic heterocycles. The van der Waals surface area contributed by atoms with Gasteiger partial charge in [0.25, 0.3) is 5.91 Å². The van der Waals surface area contributed by atoms with Crippen LogP contribution in [0.5, 0.6) is 0 Å². The van der Waals surface area contributed by atoms with Crippen molar-refractivity contribution in [2.75, 3.05) is 12.3 Å². The second-order valence-corrected chi connectivity index (χ2v) is 11.4. The van der Waals surface area contributed by atoms with E-state index in [0.29, 0.717) is 29.4 Å². The standard InChI is InChI=1S/C26H26N4O3S2/c27-23-21-15-19-14-18(17-4-2-1-3-5-17)8-11-22(19)30-26(21)34-24(23)25(31)29-13-12-16-6-9-20(10-7-16)35(28,32)33/h1-7,9-10,15,18H,8,11-14,27H2,(H,29,31)(H2,28,32,33)/t18-/m1/s1. The number of aryl methyl sites for hydroxylation is 1. The fourth-order valence-corrected chi connectivity index (χ4v) is 6.14. The molecule has 2 heterocycles. The number of carbonyl (C=O) groups excluding carboxylic acids is 1. The van der Waals surface area contributed by atoms with Gasteiger partial charge in [0.15, 0.2) is 0 Å². The number of nitrogens with two attached hydrogens (primary N) is 2. The molecule has 1 aliphatic rings. The maximum Gasteiger partial charge on any atom is 0.263 e. The molecule has 0 unspecified atom stereocenters. The molecule has 1 amide bonds. The predicted octanol–water partition coefficient (Wildman–Crippen LogP) is 3.77. The van der Waals surface area contributed by atoms with E-state index in [9.17, 15) is 13.2 Å². The number of hydrogen-bond acceptors (Lipinski definition) is 6. The van der Waals surface area contributed by atoms with Crippen LogP contribution in [0.4, 0.5) is 5.69 Å². The number of amides is 1. The average Bonchev–Trinajstić information content (AvgIpc) is 3.18. The Balaban J connectivity index is 1.28. The Kier molecular flexibility index (Phi) is 6.31.